The third kappa shape index (κ3) is 88.4. The lowest BCUT2D eigenvalue weighted by Crippen LogP contribution is -1.85. The summed E-state index contributed by atoms with van der Waals surface area (Å²) in [5, 5.41) is 0. The van der Waals surface area contributed by atoms with E-state index < -0.39 is 0 Å². The van der Waals surface area contributed by atoms with Gasteiger partial charge in [-0.25, -0.2) is 0 Å². The number of hydrogen-bond donors (Lipinski definition) is 0. The largest absolute Gasteiger partial charge is 0.0776 e. The summed E-state index contributed by atoms with van der Waals surface area (Å²) in [5.41, 5.74) is 2.76. The van der Waals surface area contributed by atoms with E-state index in [1.165, 1.54) is 30.4 Å². The molecule has 0 bridgehead atoms. The number of aryl methyl sites for hydroxylation is 1. The van der Waals surface area contributed by atoms with Gasteiger partial charge in [-0.15, -0.1) is 0 Å². The minimum Gasteiger partial charge on any atom is -0.0776 e. The molecule has 1 aromatic rings. The molecule has 0 atom stereocenters. The molecule has 1 aromatic carbocycles. The molecule has 0 unspecified atom stereocenters. The van der Waals surface area contributed by atoms with E-state index >= 15 is 0 Å². The third-order valence-corrected chi connectivity index (χ3v) is 3.06. The molecule has 0 nitrogen and oxygen atoms in total. The molecule has 206 valence electrons. The van der Waals surface area contributed by atoms with Gasteiger partial charge in [0.1, 0.15) is 0 Å². The number of unbranched alkanes of at least 4 members (excludes halogenated alkanes) is 1. The van der Waals surface area contributed by atoms with Crippen molar-refractivity contribution in [2.75, 3.05) is 0 Å². The highest BCUT2D eigenvalue weighted by atomic mass is 14.0. The molecular formula is C32H78. The van der Waals surface area contributed by atoms with Crippen LogP contribution in [0.1, 0.15) is 176 Å². The summed E-state index contributed by atoms with van der Waals surface area (Å²) in [5.74, 6) is 1.54. The van der Waals surface area contributed by atoms with Crippen LogP contribution in [0.5, 0.6) is 0 Å². The van der Waals surface area contributed by atoms with Gasteiger partial charge in [-0.05, 0) is 24.3 Å². The van der Waals surface area contributed by atoms with Crippen LogP contribution in [0.4, 0.5) is 0 Å². The summed E-state index contributed by atoms with van der Waals surface area (Å²) >= 11 is 0. The molecular weight excluding hydrogens is 384 g/mol. The molecule has 1 rings (SSSR count). The van der Waals surface area contributed by atoms with Gasteiger partial charge < -0.3 is 0 Å². The Balaban J connectivity index is -0.0000000241. The van der Waals surface area contributed by atoms with Gasteiger partial charge in [-0.2, -0.15) is 0 Å². The first-order valence-electron chi connectivity index (χ1n) is 12.9. The lowest BCUT2D eigenvalue weighted by atomic mass is 10.0. The van der Waals surface area contributed by atoms with E-state index in [1.54, 1.807) is 0 Å². The molecule has 0 aliphatic rings. The lowest BCUT2D eigenvalue weighted by molar-refractivity contribution is 0.626. The van der Waals surface area contributed by atoms with Crippen molar-refractivity contribution in [2.45, 2.75) is 172 Å². The van der Waals surface area contributed by atoms with Crippen molar-refractivity contribution in [3.63, 3.8) is 0 Å². The number of benzene rings is 1. The lowest BCUT2D eigenvalue weighted by Gasteiger charge is -2.03. The molecule has 0 aliphatic carbocycles. The molecule has 0 saturated carbocycles. The van der Waals surface area contributed by atoms with Crippen LogP contribution < -0.4 is 0 Å². The van der Waals surface area contributed by atoms with E-state index in [0.717, 1.165) is 5.92 Å². The zero-order valence-electron chi connectivity index (χ0n) is 24.6. The predicted octanol–water partition coefficient (Wildman–Crippen LogP) is 14.0. The second kappa shape index (κ2) is 77.7. The SMILES string of the molecule is C.C.C.CC.CC.CC.CC.CC.CCC(C)C.CCCC.Cc1ccc(C(C)C)cc1. The summed E-state index contributed by atoms with van der Waals surface area (Å²) in [6.07, 6.45) is 3.94. The Morgan fingerprint density at radius 2 is 0.750 bits per heavy atom. The number of rotatable bonds is 3. The van der Waals surface area contributed by atoms with Crippen LogP contribution in [-0.4, -0.2) is 0 Å². The second-order valence-corrected chi connectivity index (χ2v) is 5.87. The van der Waals surface area contributed by atoms with Crippen LogP contribution >= 0.6 is 0 Å². The Labute approximate surface area is 213 Å². The zero-order valence-corrected chi connectivity index (χ0v) is 24.6. The van der Waals surface area contributed by atoms with Crippen molar-refractivity contribution in [3.8, 4) is 0 Å². The van der Waals surface area contributed by atoms with Crippen LogP contribution in [0.3, 0.4) is 0 Å². The van der Waals surface area contributed by atoms with Gasteiger partial charge >= 0.3 is 0 Å². The Morgan fingerprint density at radius 3 is 0.875 bits per heavy atom. The van der Waals surface area contributed by atoms with Gasteiger partial charge in [-0.1, -0.05) is 189 Å². The molecule has 0 heteroatoms. The molecule has 0 saturated heterocycles. The smallest absolute Gasteiger partial charge is 0.0219 e. The summed E-state index contributed by atoms with van der Waals surface area (Å²) < 4.78 is 0. The fourth-order valence-electron chi connectivity index (χ4n) is 0.951. The highest BCUT2D eigenvalue weighted by molar-refractivity contribution is 5.23. The normalized spacial score (nSPS) is 6.62. The minimum absolute atomic E-state index is 0. The van der Waals surface area contributed by atoms with E-state index in [-0.39, 0.29) is 22.3 Å². The summed E-state index contributed by atoms with van der Waals surface area (Å²) in [6, 6.07) is 8.71. The van der Waals surface area contributed by atoms with E-state index in [0.29, 0.717) is 5.92 Å². The van der Waals surface area contributed by atoms with Crippen LogP contribution in [0.15, 0.2) is 24.3 Å². The quantitative estimate of drug-likeness (QED) is 0.418. The van der Waals surface area contributed by atoms with Crippen molar-refractivity contribution in [3.05, 3.63) is 35.4 Å². The van der Waals surface area contributed by atoms with Gasteiger partial charge in [0.05, 0.1) is 0 Å². The monoisotopic (exact) mass is 463 g/mol. The summed E-state index contributed by atoms with van der Waals surface area (Å²) in [4.78, 5) is 0. The summed E-state index contributed by atoms with van der Waals surface area (Å²) in [7, 11) is 0. The second-order valence-electron chi connectivity index (χ2n) is 5.87. The van der Waals surface area contributed by atoms with Crippen molar-refractivity contribution in [1.82, 2.24) is 0 Å². The van der Waals surface area contributed by atoms with Gasteiger partial charge in [-0.3, -0.25) is 0 Å². The molecule has 0 spiro atoms. The Kier molecular flexibility index (Phi) is 154. The molecule has 32 heavy (non-hydrogen) atoms. The fraction of sp³-hybridized carbons (Fsp3) is 0.812. The molecule has 0 heterocycles. The van der Waals surface area contributed by atoms with Crippen molar-refractivity contribution < 1.29 is 0 Å². The number of hydrogen-bond acceptors (Lipinski definition) is 0. The Morgan fingerprint density at radius 1 is 0.531 bits per heavy atom. The van der Waals surface area contributed by atoms with Gasteiger partial charge in [0.25, 0.3) is 0 Å². The molecule has 0 radical (unpaired) electrons. The molecule has 0 aromatic heterocycles. The van der Waals surface area contributed by atoms with Crippen LogP contribution in [-0.2, 0) is 0 Å². The minimum atomic E-state index is 0. The van der Waals surface area contributed by atoms with E-state index in [2.05, 4.69) is 79.7 Å². The first kappa shape index (κ1) is 63.3. The van der Waals surface area contributed by atoms with Crippen molar-refractivity contribution in [1.29, 1.82) is 0 Å². The predicted molar refractivity (Wildman–Crippen MR) is 168 cm³/mol. The Hall–Kier alpha value is -0.780. The van der Waals surface area contributed by atoms with Crippen LogP contribution in [0.2, 0.25) is 0 Å². The first-order valence-corrected chi connectivity index (χ1v) is 12.9. The van der Waals surface area contributed by atoms with E-state index in [4.69, 9.17) is 0 Å². The molecule has 0 amide bonds. The van der Waals surface area contributed by atoms with Gasteiger partial charge in [0, 0.05) is 0 Å². The van der Waals surface area contributed by atoms with E-state index in [1.807, 2.05) is 69.2 Å². The highest BCUT2D eigenvalue weighted by Gasteiger charge is 1.95. The maximum absolute atomic E-state index is 2.22. The maximum Gasteiger partial charge on any atom is -0.0219 e. The standard InChI is InChI=1S/C10H14.C5H12.C4H10.5C2H6.3CH4/c1-8(2)10-6-4-9(3)5-7-10;1-4-5(2)3;1-3-4-2;5*1-2;;;/h4-8H,1-3H3;5H,4H2,1-3H3;3-4H2,1-2H3;5*1-2H3;3*1H4. The van der Waals surface area contributed by atoms with Crippen molar-refractivity contribution in [2.24, 2.45) is 5.92 Å². The third-order valence-electron chi connectivity index (χ3n) is 3.06. The fourth-order valence-corrected chi connectivity index (χ4v) is 0.951. The Bertz CT molecular complexity index is 265. The van der Waals surface area contributed by atoms with Crippen LogP contribution in [0.25, 0.3) is 0 Å². The summed E-state index contributed by atoms with van der Waals surface area (Å²) in [6.45, 7) is 37.5. The van der Waals surface area contributed by atoms with Crippen molar-refractivity contribution >= 4 is 0 Å². The van der Waals surface area contributed by atoms with E-state index in [9.17, 15) is 0 Å². The molecule has 0 fully saturated rings. The topological polar surface area (TPSA) is 0 Å². The average molecular weight is 463 g/mol. The molecule has 0 aliphatic heterocycles. The first-order chi connectivity index (χ1) is 13.9. The zero-order chi connectivity index (χ0) is 25.3. The van der Waals surface area contributed by atoms with Gasteiger partial charge in [0.15, 0.2) is 0 Å². The average Bonchev–Trinajstić information content (AvgIpc) is 2.81. The van der Waals surface area contributed by atoms with Crippen LogP contribution in [0, 0.1) is 12.8 Å². The molecule has 0 N–H and O–H groups in total. The highest BCUT2D eigenvalue weighted by Crippen LogP contribution is 2.13. The van der Waals surface area contributed by atoms with Gasteiger partial charge in [0.2, 0.25) is 0 Å². The maximum atomic E-state index is 2.22.